The first-order valence-corrected chi connectivity index (χ1v) is 8.29. The van der Waals surface area contributed by atoms with Gasteiger partial charge in [0.2, 0.25) is 11.9 Å². The van der Waals surface area contributed by atoms with Gasteiger partial charge in [0.15, 0.2) is 0 Å². The third-order valence-electron chi connectivity index (χ3n) is 4.61. The molecule has 1 atom stereocenters. The number of aromatic nitrogens is 2. The van der Waals surface area contributed by atoms with Crippen LogP contribution in [0.3, 0.4) is 0 Å². The topological polar surface area (TPSA) is 70.2 Å². The van der Waals surface area contributed by atoms with Crippen LogP contribution in [0.5, 0.6) is 0 Å². The van der Waals surface area contributed by atoms with E-state index in [0.717, 1.165) is 61.9 Å². The normalized spacial score (nSPS) is 22.4. The largest absolute Gasteiger partial charge is 0.358 e. The molecule has 1 amide bonds. The number of rotatable bonds is 3. The van der Waals surface area contributed by atoms with E-state index in [1.807, 2.05) is 13.8 Å². The van der Waals surface area contributed by atoms with Crippen LogP contribution in [0.4, 0.5) is 11.8 Å². The van der Waals surface area contributed by atoms with Crippen molar-refractivity contribution < 1.29 is 4.79 Å². The van der Waals surface area contributed by atoms with Crippen molar-refractivity contribution in [3.63, 3.8) is 0 Å². The van der Waals surface area contributed by atoms with Gasteiger partial charge in [-0.2, -0.15) is 4.98 Å². The predicted octanol–water partition coefficient (Wildman–Crippen LogP) is 1.77. The molecule has 2 fully saturated rings. The van der Waals surface area contributed by atoms with Crippen molar-refractivity contribution in [2.75, 3.05) is 29.9 Å². The number of hydrogen-bond acceptors (Lipinski definition) is 5. The van der Waals surface area contributed by atoms with Crippen LogP contribution < -0.4 is 15.5 Å². The standard InChI is InChI=1S/C16H25N5O/c1-11-12(2)18-16(21-9-5-6-10-21)20-14(11)19-13-7-3-4-8-17-15(13)22/h13H,3-10H2,1-2H3,(H,17,22)(H,18,19,20)/t13-/m1/s1. The SMILES string of the molecule is Cc1nc(N2CCCC2)nc(N[C@@H]2CCCCNC2=O)c1C. The first-order valence-electron chi connectivity index (χ1n) is 8.29. The number of anilines is 2. The molecule has 3 rings (SSSR count). The molecular weight excluding hydrogens is 278 g/mol. The number of nitrogens with zero attached hydrogens (tertiary/aromatic N) is 3. The van der Waals surface area contributed by atoms with E-state index in [1.165, 1.54) is 12.8 Å². The molecule has 2 N–H and O–H groups in total. The van der Waals surface area contributed by atoms with E-state index >= 15 is 0 Å². The molecule has 0 unspecified atom stereocenters. The van der Waals surface area contributed by atoms with Crippen LogP contribution in [-0.2, 0) is 4.79 Å². The Morgan fingerprint density at radius 2 is 1.91 bits per heavy atom. The van der Waals surface area contributed by atoms with Crippen molar-refractivity contribution in [1.29, 1.82) is 0 Å². The van der Waals surface area contributed by atoms with Crippen LogP contribution in [0.25, 0.3) is 0 Å². The molecular formula is C16H25N5O. The summed E-state index contributed by atoms with van der Waals surface area (Å²) in [6.45, 7) is 6.84. The highest BCUT2D eigenvalue weighted by molar-refractivity contribution is 5.84. The lowest BCUT2D eigenvalue weighted by Gasteiger charge is -2.21. The summed E-state index contributed by atoms with van der Waals surface area (Å²) in [5, 5.41) is 6.32. The molecule has 1 aromatic heterocycles. The quantitative estimate of drug-likeness (QED) is 0.890. The maximum atomic E-state index is 12.1. The Labute approximate surface area is 131 Å². The number of nitrogens with one attached hydrogen (secondary N) is 2. The smallest absolute Gasteiger partial charge is 0.242 e. The van der Waals surface area contributed by atoms with Crippen molar-refractivity contribution >= 4 is 17.7 Å². The number of carbonyl (C=O) groups is 1. The molecule has 1 aromatic rings. The van der Waals surface area contributed by atoms with Crippen LogP contribution in [-0.4, -0.2) is 41.6 Å². The van der Waals surface area contributed by atoms with Crippen molar-refractivity contribution in [3.8, 4) is 0 Å². The van der Waals surface area contributed by atoms with Crippen molar-refractivity contribution in [2.45, 2.75) is 52.0 Å². The Morgan fingerprint density at radius 1 is 1.14 bits per heavy atom. The minimum atomic E-state index is -0.193. The van der Waals surface area contributed by atoms with Gasteiger partial charge in [-0.3, -0.25) is 4.79 Å². The van der Waals surface area contributed by atoms with E-state index in [-0.39, 0.29) is 11.9 Å². The molecule has 6 heteroatoms. The molecule has 22 heavy (non-hydrogen) atoms. The Morgan fingerprint density at radius 3 is 2.68 bits per heavy atom. The molecule has 2 aliphatic heterocycles. The summed E-state index contributed by atoms with van der Waals surface area (Å²) < 4.78 is 0. The average molecular weight is 303 g/mol. The van der Waals surface area contributed by atoms with Gasteiger partial charge in [-0.05, 0) is 46.0 Å². The zero-order valence-electron chi connectivity index (χ0n) is 13.5. The lowest BCUT2D eigenvalue weighted by Crippen LogP contribution is -2.38. The summed E-state index contributed by atoms with van der Waals surface area (Å²) in [4.78, 5) is 23.7. The highest BCUT2D eigenvalue weighted by Crippen LogP contribution is 2.23. The monoisotopic (exact) mass is 303 g/mol. The fourth-order valence-electron chi connectivity index (χ4n) is 3.06. The summed E-state index contributed by atoms with van der Waals surface area (Å²) in [7, 11) is 0. The lowest BCUT2D eigenvalue weighted by molar-refractivity contribution is -0.121. The Hall–Kier alpha value is -1.85. The summed E-state index contributed by atoms with van der Waals surface area (Å²) in [6.07, 6.45) is 5.35. The van der Waals surface area contributed by atoms with E-state index in [1.54, 1.807) is 0 Å². The van der Waals surface area contributed by atoms with Crippen LogP contribution in [0.2, 0.25) is 0 Å². The molecule has 0 radical (unpaired) electrons. The molecule has 120 valence electrons. The summed E-state index contributed by atoms with van der Waals surface area (Å²) in [5.41, 5.74) is 2.01. The van der Waals surface area contributed by atoms with E-state index in [2.05, 4.69) is 20.5 Å². The molecule has 2 saturated heterocycles. The number of amides is 1. The van der Waals surface area contributed by atoms with Crippen molar-refractivity contribution in [1.82, 2.24) is 15.3 Å². The van der Waals surface area contributed by atoms with Gasteiger partial charge < -0.3 is 15.5 Å². The molecule has 2 aliphatic rings. The second-order valence-corrected chi connectivity index (χ2v) is 6.26. The van der Waals surface area contributed by atoms with Crippen LogP contribution in [0.15, 0.2) is 0 Å². The number of carbonyl (C=O) groups excluding carboxylic acids is 1. The van der Waals surface area contributed by atoms with Crippen LogP contribution >= 0.6 is 0 Å². The predicted molar refractivity (Wildman–Crippen MR) is 87.2 cm³/mol. The molecule has 0 aliphatic carbocycles. The van der Waals surface area contributed by atoms with Gasteiger partial charge in [0.25, 0.3) is 0 Å². The first-order chi connectivity index (χ1) is 10.6. The van der Waals surface area contributed by atoms with Gasteiger partial charge in [-0.15, -0.1) is 0 Å². The van der Waals surface area contributed by atoms with Gasteiger partial charge in [0.05, 0.1) is 0 Å². The number of aryl methyl sites for hydroxylation is 1. The molecule has 0 aromatic carbocycles. The highest BCUT2D eigenvalue weighted by atomic mass is 16.2. The minimum absolute atomic E-state index is 0.0795. The zero-order chi connectivity index (χ0) is 15.5. The second-order valence-electron chi connectivity index (χ2n) is 6.26. The average Bonchev–Trinajstić information content (AvgIpc) is 2.96. The Bertz CT molecular complexity index is 554. The summed E-state index contributed by atoms with van der Waals surface area (Å²) in [6, 6.07) is -0.193. The first kappa shape index (κ1) is 15.1. The molecule has 0 bridgehead atoms. The molecule has 0 spiro atoms. The van der Waals surface area contributed by atoms with Gasteiger partial charge in [0.1, 0.15) is 11.9 Å². The summed E-state index contributed by atoms with van der Waals surface area (Å²) in [5.74, 6) is 1.67. The van der Waals surface area contributed by atoms with Crippen LogP contribution in [0.1, 0.15) is 43.4 Å². The van der Waals surface area contributed by atoms with Gasteiger partial charge in [-0.25, -0.2) is 4.98 Å². The van der Waals surface area contributed by atoms with Crippen molar-refractivity contribution in [2.24, 2.45) is 0 Å². The second kappa shape index (κ2) is 6.50. The Kier molecular flexibility index (Phi) is 4.45. The Balaban J connectivity index is 1.83. The molecule has 0 saturated carbocycles. The minimum Gasteiger partial charge on any atom is -0.358 e. The van der Waals surface area contributed by atoms with Crippen molar-refractivity contribution in [3.05, 3.63) is 11.3 Å². The maximum Gasteiger partial charge on any atom is 0.242 e. The number of hydrogen-bond donors (Lipinski definition) is 2. The zero-order valence-corrected chi connectivity index (χ0v) is 13.5. The fourth-order valence-corrected chi connectivity index (χ4v) is 3.06. The molecule has 6 nitrogen and oxygen atoms in total. The van der Waals surface area contributed by atoms with E-state index in [0.29, 0.717) is 0 Å². The highest BCUT2D eigenvalue weighted by Gasteiger charge is 2.23. The third-order valence-corrected chi connectivity index (χ3v) is 4.61. The van der Waals surface area contributed by atoms with Gasteiger partial charge in [0, 0.05) is 30.9 Å². The lowest BCUT2D eigenvalue weighted by atomic mass is 10.1. The maximum absolute atomic E-state index is 12.1. The van der Waals surface area contributed by atoms with E-state index in [4.69, 9.17) is 4.98 Å². The van der Waals surface area contributed by atoms with Gasteiger partial charge in [-0.1, -0.05) is 0 Å². The third kappa shape index (κ3) is 3.15. The van der Waals surface area contributed by atoms with Gasteiger partial charge >= 0.3 is 0 Å². The summed E-state index contributed by atoms with van der Waals surface area (Å²) >= 11 is 0. The molecule has 3 heterocycles. The fraction of sp³-hybridized carbons (Fsp3) is 0.688. The van der Waals surface area contributed by atoms with Crippen LogP contribution in [0, 0.1) is 13.8 Å². The van der Waals surface area contributed by atoms with E-state index < -0.39 is 0 Å². The van der Waals surface area contributed by atoms with E-state index in [9.17, 15) is 4.79 Å².